The molecule has 1 unspecified atom stereocenters. The second-order valence-electron chi connectivity index (χ2n) is 3.75. The van der Waals surface area contributed by atoms with Gasteiger partial charge in [0.1, 0.15) is 0 Å². The van der Waals surface area contributed by atoms with E-state index in [1.165, 1.54) is 12.3 Å². The van der Waals surface area contributed by atoms with Crippen LogP contribution in [-0.4, -0.2) is 20.7 Å². The highest BCUT2D eigenvalue weighted by atomic mass is 32.2. The lowest BCUT2D eigenvalue weighted by Gasteiger charge is -2.34. The molecule has 9 nitrogen and oxygen atoms in total. The largest absolute Gasteiger partial charge is 0.351 e. The van der Waals surface area contributed by atoms with Crippen LogP contribution in [0.4, 0.5) is 4.79 Å². The third-order valence-corrected chi connectivity index (χ3v) is 4.31. The van der Waals surface area contributed by atoms with Crippen LogP contribution in [-0.2, 0) is 15.0 Å². The highest BCUT2D eigenvalue weighted by molar-refractivity contribution is 7.90. The number of nitrogens with two attached hydrogens (primary N) is 2. The van der Waals surface area contributed by atoms with E-state index in [-0.39, 0.29) is 0 Å². The minimum Gasteiger partial charge on any atom is -0.351 e. The maximum absolute atomic E-state index is 12.2. The van der Waals surface area contributed by atoms with Gasteiger partial charge in [-0.2, -0.15) is 5.10 Å². The molecule has 2 amide bonds. The summed E-state index contributed by atoms with van der Waals surface area (Å²) < 4.78 is 26.1. The van der Waals surface area contributed by atoms with Crippen molar-refractivity contribution in [1.82, 2.24) is 15.6 Å². The summed E-state index contributed by atoms with van der Waals surface area (Å²) in [5.74, 6) is 5.36. The van der Waals surface area contributed by atoms with Crippen LogP contribution in [0.1, 0.15) is 11.1 Å². The predicted octanol–water partition coefficient (Wildman–Crippen LogP) is -1.80. The SMILES string of the molecule is NNC1(S(=O)(=O)NC(N)=O)NN=Cc2ccccc21. The molecule has 1 atom stereocenters. The summed E-state index contributed by atoms with van der Waals surface area (Å²) in [6, 6.07) is 5.32. The molecule has 7 N–H and O–H groups in total. The van der Waals surface area contributed by atoms with Gasteiger partial charge in [-0.25, -0.2) is 23.4 Å². The van der Waals surface area contributed by atoms with Crippen molar-refractivity contribution in [2.75, 3.05) is 0 Å². The van der Waals surface area contributed by atoms with Crippen LogP contribution in [0.25, 0.3) is 0 Å². The van der Waals surface area contributed by atoms with Gasteiger partial charge < -0.3 is 5.73 Å². The summed E-state index contributed by atoms with van der Waals surface area (Å²) >= 11 is 0. The molecule has 0 radical (unpaired) electrons. The molecule has 0 spiro atoms. The van der Waals surface area contributed by atoms with Crippen molar-refractivity contribution < 1.29 is 13.2 Å². The lowest BCUT2D eigenvalue weighted by Crippen LogP contribution is -2.65. The topological polar surface area (TPSA) is 152 Å². The van der Waals surface area contributed by atoms with Crippen LogP contribution in [0.5, 0.6) is 0 Å². The monoisotopic (exact) mass is 284 g/mol. The molecule has 0 bridgehead atoms. The number of hydrogen-bond donors (Lipinski definition) is 5. The van der Waals surface area contributed by atoms with Gasteiger partial charge >= 0.3 is 6.03 Å². The van der Waals surface area contributed by atoms with Gasteiger partial charge in [-0.05, 0) is 0 Å². The van der Waals surface area contributed by atoms with Crippen LogP contribution in [0.3, 0.4) is 0 Å². The van der Waals surface area contributed by atoms with E-state index in [2.05, 4.69) is 16.0 Å². The molecule has 1 heterocycles. The average molecular weight is 284 g/mol. The maximum Gasteiger partial charge on any atom is 0.325 e. The molecule has 10 heteroatoms. The minimum absolute atomic E-state index is 0.293. The van der Waals surface area contributed by atoms with Gasteiger partial charge in [0.05, 0.1) is 6.21 Å². The number of benzene rings is 1. The number of urea groups is 1. The fourth-order valence-corrected chi connectivity index (χ4v) is 3.01. The van der Waals surface area contributed by atoms with E-state index in [1.54, 1.807) is 22.9 Å². The Hall–Kier alpha value is -2.17. The van der Waals surface area contributed by atoms with Gasteiger partial charge in [0, 0.05) is 11.1 Å². The number of hydrazine groups is 1. The van der Waals surface area contributed by atoms with Crippen LogP contribution < -0.4 is 27.2 Å². The number of nitrogens with zero attached hydrogens (tertiary/aromatic N) is 1. The first-order valence-corrected chi connectivity index (χ1v) is 6.60. The van der Waals surface area contributed by atoms with Crippen molar-refractivity contribution in [1.29, 1.82) is 0 Å². The summed E-state index contributed by atoms with van der Waals surface area (Å²) in [7, 11) is -4.29. The summed E-state index contributed by atoms with van der Waals surface area (Å²) in [5.41, 5.74) is 10.2. The second-order valence-corrected chi connectivity index (χ2v) is 5.58. The second kappa shape index (κ2) is 4.50. The minimum atomic E-state index is -4.29. The predicted molar refractivity (Wildman–Crippen MR) is 67.8 cm³/mol. The molecule has 0 aromatic heterocycles. The normalized spacial score (nSPS) is 21.3. The molecule has 102 valence electrons. The van der Waals surface area contributed by atoms with Gasteiger partial charge in [0.25, 0.3) is 15.0 Å². The Morgan fingerprint density at radius 3 is 2.68 bits per heavy atom. The van der Waals surface area contributed by atoms with Gasteiger partial charge in [-0.1, -0.05) is 24.3 Å². The molecule has 1 aliphatic rings. The first-order valence-electron chi connectivity index (χ1n) is 5.12. The highest BCUT2D eigenvalue weighted by Crippen LogP contribution is 2.28. The first kappa shape index (κ1) is 13.3. The summed E-state index contributed by atoms with van der Waals surface area (Å²) in [4.78, 5) is 8.85. The fourth-order valence-electron chi connectivity index (χ4n) is 1.78. The Kier molecular flexibility index (Phi) is 3.14. The molecule has 0 saturated carbocycles. The van der Waals surface area contributed by atoms with Gasteiger partial charge in [0.2, 0.25) is 0 Å². The smallest absolute Gasteiger partial charge is 0.325 e. The van der Waals surface area contributed by atoms with E-state index in [1.807, 2.05) is 0 Å². The van der Waals surface area contributed by atoms with Crippen molar-refractivity contribution in [2.24, 2.45) is 16.7 Å². The van der Waals surface area contributed by atoms with E-state index in [4.69, 9.17) is 11.6 Å². The van der Waals surface area contributed by atoms with Crippen molar-refractivity contribution >= 4 is 22.3 Å². The zero-order chi connectivity index (χ0) is 14.1. The maximum atomic E-state index is 12.2. The third kappa shape index (κ3) is 2.01. The molecule has 0 saturated heterocycles. The lowest BCUT2D eigenvalue weighted by molar-refractivity contribution is 0.252. The van der Waals surface area contributed by atoms with E-state index >= 15 is 0 Å². The van der Waals surface area contributed by atoms with Crippen molar-refractivity contribution in [3.8, 4) is 0 Å². The molecule has 0 aliphatic carbocycles. The Balaban J connectivity index is 2.63. The standard InChI is InChI=1S/C9H12N6O3S/c10-8(16)13-19(17,18)9(14-11)7-4-2-1-3-6(7)5-12-15-9/h1-5,14-15H,11H2,(H3,10,13,16). The summed E-state index contributed by atoms with van der Waals surface area (Å²) in [6.07, 6.45) is 1.44. The quantitative estimate of drug-likeness (QED) is 0.326. The highest BCUT2D eigenvalue weighted by Gasteiger charge is 2.48. The molecule has 19 heavy (non-hydrogen) atoms. The number of primary amides is 1. The Bertz CT molecular complexity index is 643. The zero-order valence-corrected chi connectivity index (χ0v) is 10.4. The zero-order valence-electron chi connectivity index (χ0n) is 9.62. The number of rotatable bonds is 3. The van der Waals surface area contributed by atoms with Crippen LogP contribution in [0, 0.1) is 0 Å². The van der Waals surface area contributed by atoms with Crippen LogP contribution >= 0.6 is 0 Å². The number of sulfonamides is 1. The number of carbonyl (C=O) groups is 1. The molecule has 1 aromatic carbocycles. The summed E-state index contributed by atoms with van der Waals surface area (Å²) in [6.45, 7) is 0. The van der Waals surface area contributed by atoms with Gasteiger partial charge in [-0.15, -0.1) is 0 Å². The van der Waals surface area contributed by atoms with E-state index in [9.17, 15) is 13.2 Å². The van der Waals surface area contributed by atoms with Crippen molar-refractivity contribution in [2.45, 2.75) is 4.99 Å². The first-order chi connectivity index (χ1) is 8.93. The average Bonchev–Trinajstić information content (AvgIpc) is 2.36. The third-order valence-electron chi connectivity index (χ3n) is 2.61. The Morgan fingerprint density at radius 1 is 1.37 bits per heavy atom. The molecular formula is C9H12N6O3S. The van der Waals surface area contributed by atoms with Crippen molar-refractivity contribution in [3.05, 3.63) is 35.4 Å². The molecular weight excluding hydrogens is 272 g/mol. The fraction of sp³-hybridized carbons (Fsp3) is 0.111. The summed E-state index contributed by atoms with van der Waals surface area (Å²) in [5, 5.41) is 3.73. The van der Waals surface area contributed by atoms with Gasteiger partial charge in [0.15, 0.2) is 0 Å². The number of amides is 2. The number of nitrogens with one attached hydrogen (secondary N) is 3. The molecule has 1 aliphatic heterocycles. The number of fused-ring (bicyclic) bond motifs is 1. The van der Waals surface area contributed by atoms with E-state index < -0.39 is 21.0 Å². The van der Waals surface area contributed by atoms with E-state index in [0.717, 1.165) is 0 Å². The Morgan fingerprint density at radius 2 is 2.05 bits per heavy atom. The Labute approximate surface area is 109 Å². The number of hydrazone groups is 1. The molecule has 1 aromatic rings. The van der Waals surface area contributed by atoms with Crippen LogP contribution in [0.15, 0.2) is 29.4 Å². The molecule has 2 rings (SSSR count). The number of carbonyl (C=O) groups excluding carboxylic acids is 1. The van der Waals surface area contributed by atoms with E-state index in [0.29, 0.717) is 11.1 Å². The lowest BCUT2D eigenvalue weighted by atomic mass is 10.1. The van der Waals surface area contributed by atoms with Crippen LogP contribution in [0.2, 0.25) is 0 Å². The molecule has 0 fully saturated rings. The van der Waals surface area contributed by atoms with Gasteiger partial charge in [-0.3, -0.25) is 11.3 Å². The number of hydrogen-bond acceptors (Lipinski definition) is 7. The van der Waals surface area contributed by atoms with Crippen molar-refractivity contribution in [3.63, 3.8) is 0 Å².